The van der Waals surface area contributed by atoms with Gasteiger partial charge in [-0.05, 0) is 13.8 Å². The SMILES string of the molecule is CC(C)(CNC(=O)c1nc(C(=O)O)c(-c2ccc(C(O)(C(F)(F)F)C(F)(F)F)c(Cl)c2Cl)s1)C(N)=O. The molecule has 2 amide bonds. The van der Waals surface area contributed by atoms with Crippen LogP contribution in [0.4, 0.5) is 26.3 Å². The van der Waals surface area contributed by atoms with Crippen molar-refractivity contribution < 1.29 is 50.9 Å². The minimum absolute atomic E-state index is 0.186. The Morgan fingerprint density at radius 2 is 1.58 bits per heavy atom. The molecular weight excluding hydrogens is 567 g/mol. The van der Waals surface area contributed by atoms with Crippen molar-refractivity contribution in [2.75, 3.05) is 6.54 Å². The number of rotatable bonds is 7. The number of thiazole rings is 1. The number of nitrogens with two attached hydrogens (primary N) is 1. The third-order valence-corrected chi connectivity index (χ3v) is 6.89. The van der Waals surface area contributed by atoms with E-state index in [0.717, 1.165) is 0 Å². The number of aliphatic hydroxyl groups is 1. The molecule has 0 spiro atoms. The first kappa shape index (κ1) is 29.6. The van der Waals surface area contributed by atoms with Crippen molar-refractivity contribution in [2.24, 2.45) is 11.1 Å². The maximum absolute atomic E-state index is 13.3. The normalized spacial score (nSPS) is 13.0. The standard InChI is InChI=1S/C19H15Cl2F6N3O5S/c1-16(2,15(28)34)5-29-12(31)13-30-10(14(32)33)11(36-13)6-3-4-7(9(21)8(6)20)17(35,18(22,23)24)19(25,26)27/h3-4,35H,5H2,1-2H3,(H2,28,34)(H,29,31)(H,32,33). The number of aromatic carboxylic acids is 1. The predicted octanol–water partition coefficient (Wildman–Crippen LogP) is 4.37. The number of nitrogens with zero attached hydrogens (tertiary/aromatic N) is 1. The van der Waals surface area contributed by atoms with Gasteiger partial charge in [-0.2, -0.15) is 26.3 Å². The Morgan fingerprint density at radius 1 is 1.06 bits per heavy atom. The fraction of sp³-hybridized carbons (Fsp3) is 0.368. The smallest absolute Gasteiger partial charge is 0.430 e. The van der Waals surface area contributed by atoms with Gasteiger partial charge in [-0.25, -0.2) is 9.78 Å². The Morgan fingerprint density at radius 3 is 2.03 bits per heavy atom. The largest absolute Gasteiger partial charge is 0.476 e. The molecule has 5 N–H and O–H groups in total. The van der Waals surface area contributed by atoms with Crippen molar-refractivity contribution in [2.45, 2.75) is 31.8 Å². The zero-order valence-corrected chi connectivity index (χ0v) is 20.3. The molecule has 0 bridgehead atoms. The summed E-state index contributed by atoms with van der Waals surface area (Å²) >= 11 is 12.0. The van der Waals surface area contributed by atoms with Gasteiger partial charge in [-0.15, -0.1) is 11.3 Å². The van der Waals surface area contributed by atoms with Gasteiger partial charge in [-0.1, -0.05) is 35.3 Å². The summed E-state index contributed by atoms with van der Waals surface area (Å²) in [5, 5.41) is 18.6. The number of nitrogens with one attached hydrogen (secondary N) is 1. The number of carbonyl (C=O) groups is 3. The van der Waals surface area contributed by atoms with Crippen LogP contribution in [0, 0.1) is 5.41 Å². The third-order valence-electron chi connectivity index (χ3n) is 4.92. The van der Waals surface area contributed by atoms with Gasteiger partial charge >= 0.3 is 18.3 Å². The summed E-state index contributed by atoms with van der Waals surface area (Å²) < 4.78 is 79.6. The number of primary amides is 1. The molecule has 0 aliphatic carbocycles. The lowest BCUT2D eigenvalue weighted by molar-refractivity contribution is -0.376. The van der Waals surface area contributed by atoms with Crippen LogP contribution in [0.5, 0.6) is 0 Å². The molecule has 36 heavy (non-hydrogen) atoms. The number of amides is 2. The van der Waals surface area contributed by atoms with Crippen LogP contribution in [0.2, 0.25) is 10.0 Å². The molecule has 0 aliphatic rings. The molecule has 0 saturated heterocycles. The van der Waals surface area contributed by atoms with Crippen LogP contribution < -0.4 is 11.1 Å². The first-order valence-corrected chi connectivity index (χ1v) is 10.9. The van der Waals surface area contributed by atoms with Gasteiger partial charge in [0.2, 0.25) is 5.91 Å². The topological polar surface area (TPSA) is 143 Å². The minimum atomic E-state index is -6.25. The van der Waals surface area contributed by atoms with Gasteiger partial charge in [0.25, 0.3) is 11.5 Å². The summed E-state index contributed by atoms with van der Waals surface area (Å²) in [7, 11) is 0. The Kier molecular flexibility index (Phi) is 7.97. The fourth-order valence-electron chi connectivity index (χ4n) is 2.68. The maximum Gasteiger partial charge on any atom is 0.430 e. The average molecular weight is 582 g/mol. The van der Waals surface area contributed by atoms with Crippen LogP contribution in [0.1, 0.15) is 39.7 Å². The number of halogens is 8. The number of benzene rings is 1. The Bertz CT molecular complexity index is 1220. The second-order valence-electron chi connectivity index (χ2n) is 7.93. The van der Waals surface area contributed by atoms with E-state index < -0.39 is 77.9 Å². The van der Waals surface area contributed by atoms with Crippen LogP contribution in [0.15, 0.2) is 12.1 Å². The van der Waals surface area contributed by atoms with E-state index >= 15 is 0 Å². The fourth-order valence-corrected chi connectivity index (χ4v) is 4.30. The van der Waals surface area contributed by atoms with Gasteiger partial charge in [0.05, 0.1) is 20.3 Å². The molecule has 0 aliphatic heterocycles. The highest BCUT2D eigenvalue weighted by Gasteiger charge is 2.72. The van der Waals surface area contributed by atoms with E-state index in [1.807, 2.05) is 0 Å². The number of carbonyl (C=O) groups excluding carboxylic acids is 2. The molecule has 2 rings (SSSR count). The van der Waals surface area contributed by atoms with Crippen molar-refractivity contribution in [3.63, 3.8) is 0 Å². The number of alkyl halides is 6. The third kappa shape index (κ3) is 5.23. The minimum Gasteiger partial charge on any atom is -0.476 e. The summed E-state index contributed by atoms with van der Waals surface area (Å²) in [6.45, 7) is 2.56. The maximum atomic E-state index is 13.3. The van der Waals surface area contributed by atoms with Crippen molar-refractivity contribution in [3.05, 3.63) is 38.4 Å². The van der Waals surface area contributed by atoms with Crippen molar-refractivity contribution in [1.82, 2.24) is 10.3 Å². The molecule has 1 heterocycles. The summed E-state index contributed by atoms with van der Waals surface area (Å²) in [5.41, 5.74) is -4.50. The van der Waals surface area contributed by atoms with Crippen molar-refractivity contribution >= 4 is 52.3 Å². The molecular formula is C19H15Cl2F6N3O5S. The van der Waals surface area contributed by atoms with Crippen LogP contribution in [0.3, 0.4) is 0 Å². The van der Waals surface area contributed by atoms with Crippen molar-refractivity contribution in [1.29, 1.82) is 0 Å². The molecule has 1 aromatic heterocycles. The van der Waals surface area contributed by atoms with Crippen LogP contribution in [-0.2, 0) is 10.4 Å². The van der Waals surface area contributed by atoms with E-state index in [4.69, 9.17) is 28.9 Å². The Balaban J connectivity index is 2.62. The lowest BCUT2D eigenvalue weighted by Gasteiger charge is -2.33. The van der Waals surface area contributed by atoms with E-state index in [-0.39, 0.29) is 12.6 Å². The van der Waals surface area contributed by atoms with Gasteiger partial charge < -0.3 is 21.3 Å². The second-order valence-corrected chi connectivity index (χ2v) is 9.68. The van der Waals surface area contributed by atoms with E-state index in [1.165, 1.54) is 13.8 Å². The molecule has 8 nitrogen and oxygen atoms in total. The quantitative estimate of drug-likeness (QED) is 0.358. The van der Waals surface area contributed by atoms with Gasteiger partial charge in [0.15, 0.2) is 10.7 Å². The number of carboxylic acids is 1. The first-order valence-electron chi connectivity index (χ1n) is 9.33. The highest BCUT2D eigenvalue weighted by Crippen LogP contribution is 2.54. The molecule has 0 unspecified atom stereocenters. The second kappa shape index (κ2) is 9.68. The molecule has 0 atom stereocenters. The summed E-state index contributed by atoms with van der Waals surface area (Å²) in [5.74, 6) is -3.42. The Labute approximate surface area is 212 Å². The monoisotopic (exact) mass is 581 g/mol. The molecule has 198 valence electrons. The molecule has 0 saturated carbocycles. The molecule has 17 heteroatoms. The van der Waals surface area contributed by atoms with E-state index in [0.29, 0.717) is 17.4 Å². The van der Waals surface area contributed by atoms with Gasteiger partial charge in [-0.3, -0.25) is 9.59 Å². The summed E-state index contributed by atoms with van der Waals surface area (Å²) in [6, 6.07) is 0.759. The van der Waals surface area contributed by atoms with Crippen LogP contribution in [-0.4, -0.2) is 51.9 Å². The molecule has 0 fully saturated rings. The molecule has 0 radical (unpaired) electrons. The van der Waals surface area contributed by atoms with Crippen molar-refractivity contribution in [3.8, 4) is 10.4 Å². The highest BCUT2D eigenvalue weighted by atomic mass is 35.5. The lowest BCUT2D eigenvalue weighted by Crippen LogP contribution is -2.54. The van der Waals surface area contributed by atoms with E-state index in [2.05, 4.69) is 10.3 Å². The number of aromatic nitrogens is 1. The Hall–Kier alpha value is -2.62. The number of hydrogen-bond donors (Lipinski definition) is 4. The van der Waals surface area contributed by atoms with Crippen LogP contribution in [0.25, 0.3) is 10.4 Å². The van der Waals surface area contributed by atoms with Crippen LogP contribution >= 0.6 is 34.5 Å². The van der Waals surface area contributed by atoms with E-state index in [9.17, 15) is 50.9 Å². The number of carboxylic acid groups (broad SMARTS) is 1. The average Bonchev–Trinajstić information content (AvgIpc) is 3.17. The van der Waals surface area contributed by atoms with Gasteiger partial charge in [0, 0.05) is 17.7 Å². The first-order chi connectivity index (χ1) is 16.2. The zero-order valence-electron chi connectivity index (χ0n) is 17.9. The predicted molar refractivity (Wildman–Crippen MR) is 116 cm³/mol. The summed E-state index contributed by atoms with van der Waals surface area (Å²) in [6.07, 6.45) is -12.5. The van der Waals surface area contributed by atoms with Gasteiger partial charge in [0.1, 0.15) is 0 Å². The number of hydrogen-bond acceptors (Lipinski definition) is 6. The molecule has 2 aromatic rings. The highest BCUT2D eigenvalue weighted by molar-refractivity contribution is 7.17. The van der Waals surface area contributed by atoms with E-state index in [1.54, 1.807) is 0 Å². The summed E-state index contributed by atoms with van der Waals surface area (Å²) in [4.78, 5) is 38.7. The lowest BCUT2D eigenvalue weighted by atomic mass is 9.91. The molecule has 1 aromatic carbocycles. The zero-order chi connectivity index (χ0) is 28.0.